The first-order valence-corrected chi connectivity index (χ1v) is 28.1. The maximum atomic E-state index is 15.2. The average molecular weight is 1030 g/mol. The maximum absolute atomic E-state index is 15.2. The number of sulfone groups is 2. The van der Waals surface area contributed by atoms with Crippen molar-refractivity contribution in [3.8, 4) is 0 Å². The van der Waals surface area contributed by atoms with Crippen molar-refractivity contribution in [2.75, 3.05) is 6.67 Å². The molecule has 0 fully saturated rings. The quantitative estimate of drug-likeness (QED) is 0.150. The third kappa shape index (κ3) is 17.2. The molecule has 11 atom stereocenters. The van der Waals surface area contributed by atoms with Crippen LogP contribution >= 0.6 is 0 Å². The topological polar surface area (TPSA) is 183 Å². The van der Waals surface area contributed by atoms with E-state index < -0.39 is 115 Å². The normalized spacial score (nSPS) is 22.7. The number of allylic oxidation sites excluding steroid dienone is 3. The molecule has 0 radical (unpaired) electrons. The summed E-state index contributed by atoms with van der Waals surface area (Å²) >= 11 is 0. The van der Waals surface area contributed by atoms with Crippen molar-refractivity contribution in [3.63, 3.8) is 0 Å². The number of rotatable bonds is 16. The second-order valence-electron chi connectivity index (χ2n) is 18.6. The minimum Gasteiger partial charge on any atom is -0.497 e. The van der Waals surface area contributed by atoms with Gasteiger partial charge < -0.3 is 14.2 Å². The van der Waals surface area contributed by atoms with E-state index in [1.54, 1.807) is 72.1 Å². The van der Waals surface area contributed by atoms with E-state index in [9.17, 15) is 33.9 Å². The average Bonchev–Trinajstić information content (AvgIpc) is 3.29. The van der Waals surface area contributed by atoms with Gasteiger partial charge in [0, 0.05) is 0 Å². The van der Waals surface area contributed by atoms with E-state index in [4.69, 9.17) is 14.2 Å². The number of halogens is 3. The highest BCUT2D eigenvalue weighted by molar-refractivity contribution is 7.92. The number of alkyl halides is 3. The number of benzene rings is 2. The molecule has 3 N–H and O–H groups in total. The highest BCUT2D eigenvalue weighted by Crippen LogP contribution is 2.29. The zero-order valence-corrected chi connectivity index (χ0v) is 43.1. The Morgan fingerprint density at radius 3 is 1.12 bits per heavy atom. The Morgan fingerprint density at radius 1 is 0.545 bits per heavy atom. The van der Waals surface area contributed by atoms with Gasteiger partial charge in [0.1, 0.15) is 37.1 Å². The molecule has 374 valence electrons. The van der Waals surface area contributed by atoms with Crippen LogP contribution in [0.15, 0.2) is 107 Å². The van der Waals surface area contributed by atoms with Crippen molar-refractivity contribution < 1.29 is 56.8 Å². The molecular weight excluding hydrogens is 960 g/mol. The molecule has 0 unspecified atom stereocenters. The van der Waals surface area contributed by atoms with Gasteiger partial charge in [-0.05, 0) is 143 Å². The lowest BCUT2D eigenvalue weighted by molar-refractivity contribution is 0.0764. The van der Waals surface area contributed by atoms with Crippen LogP contribution in [0.4, 0.5) is 13.2 Å². The highest BCUT2D eigenvalue weighted by atomic mass is 32.2. The van der Waals surface area contributed by atoms with E-state index in [-0.39, 0.29) is 15.9 Å². The zero-order chi connectivity index (χ0) is 49.5. The van der Waals surface area contributed by atoms with Crippen LogP contribution in [0, 0.1) is 0 Å². The first-order chi connectivity index (χ1) is 30.7. The van der Waals surface area contributed by atoms with Gasteiger partial charge in [0.2, 0.25) is 30.7 Å². The van der Waals surface area contributed by atoms with Crippen LogP contribution in [0.25, 0.3) is 0 Å². The summed E-state index contributed by atoms with van der Waals surface area (Å²) in [5, 5.41) is 0. The molecule has 13 nitrogen and oxygen atoms in total. The third-order valence-electron chi connectivity index (χ3n) is 10.0. The van der Waals surface area contributed by atoms with E-state index in [1.165, 1.54) is 61.1 Å². The number of hydrogen-bond acceptors (Lipinski definition) is 10. The summed E-state index contributed by atoms with van der Waals surface area (Å²) in [4.78, 5) is -0.218. The van der Waals surface area contributed by atoms with Crippen LogP contribution in [0.5, 0.6) is 0 Å². The van der Waals surface area contributed by atoms with Gasteiger partial charge in [-0.25, -0.2) is 56.8 Å². The van der Waals surface area contributed by atoms with Crippen molar-refractivity contribution in [1.29, 1.82) is 0 Å². The largest absolute Gasteiger partial charge is 0.497 e. The number of hydrogen-bond donors (Lipinski definition) is 3. The third-order valence-corrected chi connectivity index (χ3v) is 18.5. The summed E-state index contributed by atoms with van der Waals surface area (Å²) in [5.74, 6) is 0. The Labute approximate surface area is 398 Å². The maximum Gasteiger partial charge on any atom is 0.224 e. The van der Waals surface area contributed by atoms with Crippen LogP contribution in [-0.2, 0) is 66.8 Å². The van der Waals surface area contributed by atoms with Crippen molar-refractivity contribution in [1.82, 2.24) is 14.2 Å². The monoisotopic (exact) mass is 1030 g/mol. The minimum absolute atomic E-state index is 0.109. The molecule has 0 spiro atoms. The highest BCUT2D eigenvalue weighted by Gasteiger charge is 2.44. The molecule has 21 heteroatoms. The summed E-state index contributed by atoms with van der Waals surface area (Å²) in [6.07, 6.45) is 12.1. The van der Waals surface area contributed by atoms with Gasteiger partial charge in [-0.15, -0.1) is 0 Å². The van der Waals surface area contributed by atoms with Crippen molar-refractivity contribution in [2.45, 2.75) is 172 Å². The van der Waals surface area contributed by atoms with Gasteiger partial charge in [0.05, 0.1) is 81.8 Å². The molecule has 0 bridgehead atoms. The Morgan fingerprint density at radius 2 is 0.848 bits per heavy atom. The molecule has 0 aromatic heterocycles. The van der Waals surface area contributed by atoms with Crippen LogP contribution in [0.1, 0.15) is 101 Å². The molecule has 3 aliphatic heterocycles. The summed E-state index contributed by atoms with van der Waals surface area (Å²) < 4.78 is 153. The summed E-state index contributed by atoms with van der Waals surface area (Å²) in [6.45, 7) is 15.4. The Kier molecular flexibility index (Phi) is 22.3. The smallest absolute Gasteiger partial charge is 0.224 e. The van der Waals surface area contributed by atoms with E-state index in [2.05, 4.69) is 14.2 Å². The van der Waals surface area contributed by atoms with Gasteiger partial charge in [-0.2, -0.15) is 0 Å². The summed E-state index contributed by atoms with van der Waals surface area (Å²) in [5.41, 5.74) is -4.56. The molecule has 0 amide bonds. The van der Waals surface area contributed by atoms with E-state index in [1.807, 2.05) is 26.8 Å². The summed E-state index contributed by atoms with van der Waals surface area (Å²) in [6, 6.07) is 11.9. The van der Waals surface area contributed by atoms with E-state index in [0.29, 0.717) is 25.7 Å². The van der Waals surface area contributed by atoms with Crippen molar-refractivity contribution in [3.05, 3.63) is 97.7 Å². The predicted molar refractivity (Wildman–Crippen MR) is 257 cm³/mol. The first-order valence-electron chi connectivity index (χ1n) is 21.6. The van der Waals surface area contributed by atoms with Gasteiger partial charge >= 0.3 is 0 Å². The Bertz CT molecular complexity index is 2070. The molecule has 5 rings (SSSR count). The fraction of sp³-hybridized carbons (Fsp3) is 0.600. The van der Waals surface area contributed by atoms with Crippen LogP contribution in [-0.4, -0.2) is 97.8 Å². The van der Waals surface area contributed by atoms with Gasteiger partial charge in [-0.1, -0.05) is 36.4 Å². The molecule has 0 saturated heterocycles. The fourth-order valence-electron chi connectivity index (χ4n) is 6.07. The Balaban J connectivity index is 0.000000270. The molecule has 2 aromatic carbocycles. The molecule has 3 heterocycles. The van der Waals surface area contributed by atoms with Gasteiger partial charge in [0.15, 0.2) is 0 Å². The van der Waals surface area contributed by atoms with Crippen LogP contribution in [0.2, 0.25) is 0 Å². The van der Waals surface area contributed by atoms with Crippen LogP contribution < -0.4 is 14.2 Å². The molecular formula is C45H68F3N3O10S5. The van der Waals surface area contributed by atoms with E-state index in [0.717, 1.165) is 12.8 Å². The van der Waals surface area contributed by atoms with E-state index >= 15 is 8.78 Å². The fourth-order valence-corrected chi connectivity index (χ4v) is 11.7. The second-order valence-corrected chi connectivity index (χ2v) is 28.6. The molecule has 0 saturated carbocycles. The summed E-state index contributed by atoms with van der Waals surface area (Å²) in [7, 11) is -13.0. The van der Waals surface area contributed by atoms with Crippen molar-refractivity contribution in [2.24, 2.45) is 0 Å². The van der Waals surface area contributed by atoms with Crippen molar-refractivity contribution >= 4 is 52.6 Å². The second kappa shape index (κ2) is 25.6. The standard InChI is InChI=1S/2C17H24FNO4S2.C11H20FNO2S/c2*1-17(2,3)24(20)19-15(14-11-7-8-12-23-14)16(18)25(21,22)13-9-5-4-6-10-13;1-11(2,3)16(14)13-9(8-12)10-6-4-5-7-15-10/h2*4-6,8-10,12,14-16,19H,7,11H2,1-3H3;5,7,9-10,13H,4,6,8H2,1-3H3/t14-,15-,16+,24+;14-,15-,16-,24+;9-,10+,16-/m001/s1. The van der Waals surface area contributed by atoms with Gasteiger partial charge in [0.25, 0.3) is 0 Å². The Hall–Kier alpha value is -2.92. The molecule has 3 aliphatic rings. The predicted octanol–water partition coefficient (Wildman–Crippen LogP) is 7.81. The number of ether oxygens (including phenoxy) is 3. The lowest BCUT2D eigenvalue weighted by atomic mass is 10.1. The number of nitrogens with one attached hydrogen (secondary N) is 3. The lowest BCUT2D eigenvalue weighted by Crippen LogP contribution is -2.53. The first kappa shape index (κ1) is 57.4. The lowest BCUT2D eigenvalue weighted by Gasteiger charge is -2.32. The van der Waals surface area contributed by atoms with Crippen LogP contribution in [0.3, 0.4) is 0 Å². The van der Waals surface area contributed by atoms with Gasteiger partial charge in [-0.3, -0.25) is 0 Å². The SMILES string of the molecule is CC(C)(C)[S@@](=O)N[C@@H]([C@@H]1CCC=CO1)[C@@H](F)S(=O)(=O)c1ccccc1.CC(C)(C)[S@@](=O)N[C@@H]([C@@H]1CCC=CO1)[C@H](F)S(=O)(=O)c1ccccc1.CC(C)(C)[S@@](=O)N[C@H](CF)[C@@H]1CCC=CO1. The molecule has 0 aliphatic carbocycles. The molecule has 66 heavy (non-hydrogen) atoms. The zero-order valence-electron chi connectivity index (χ0n) is 39.1. The minimum atomic E-state index is -4.25. The molecule has 2 aromatic rings.